The number of carbonyl (C=O) groups excluding carboxylic acids is 1. The number of hydrogen-bond donors (Lipinski definition) is 1. The predicted molar refractivity (Wildman–Crippen MR) is 123 cm³/mol. The molecule has 0 spiro atoms. The second-order valence-corrected chi connectivity index (χ2v) is 8.69. The van der Waals surface area contributed by atoms with Crippen molar-refractivity contribution in [3.63, 3.8) is 0 Å². The van der Waals surface area contributed by atoms with Crippen LogP contribution in [0, 0.1) is 18.8 Å². The second kappa shape index (κ2) is 9.78. The summed E-state index contributed by atoms with van der Waals surface area (Å²) in [6.45, 7) is 1.89. The summed E-state index contributed by atoms with van der Waals surface area (Å²) in [5.74, 6) is 6.31. The molecule has 0 bridgehead atoms. The van der Waals surface area contributed by atoms with Gasteiger partial charge in [0.2, 0.25) is 0 Å². The van der Waals surface area contributed by atoms with E-state index in [0.717, 1.165) is 54.3 Å². The van der Waals surface area contributed by atoms with Gasteiger partial charge in [0.1, 0.15) is 0 Å². The molecule has 34 heavy (non-hydrogen) atoms. The first kappa shape index (κ1) is 23.7. The van der Waals surface area contributed by atoms with Gasteiger partial charge in [0.25, 0.3) is 0 Å². The topological polar surface area (TPSA) is 68.9 Å². The maximum atomic E-state index is 12.9. The molecule has 0 radical (unpaired) electrons. The van der Waals surface area contributed by atoms with E-state index in [1.54, 1.807) is 24.4 Å². The standard InChI is InChI=1S/C27H24F3N3O/c1-17-2-4-21(26(34)14-25-13-23(8-9-33-25)27(28,29)30)11-19(17)5-3-18-10-22(16-32-15-18)20-6-7-24(31)12-20/h2,4,8-11,13,15-16,20,24H,6-7,12,14,31H2,1H3/t20?,24-/m0/s1. The zero-order valence-electron chi connectivity index (χ0n) is 18.7. The van der Waals surface area contributed by atoms with Crippen molar-refractivity contribution in [3.05, 3.63) is 94.1 Å². The highest BCUT2D eigenvalue weighted by molar-refractivity contribution is 5.97. The van der Waals surface area contributed by atoms with Crippen molar-refractivity contribution < 1.29 is 18.0 Å². The lowest BCUT2D eigenvalue weighted by atomic mass is 9.97. The van der Waals surface area contributed by atoms with Gasteiger partial charge in [0, 0.05) is 47.0 Å². The van der Waals surface area contributed by atoms with Crippen molar-refractivity contribution in [3.8, 4) is 11.8 Å². The van der Waals surface area contributed by atoms with Crippen LogP contribution in [-0.2, 0) is 12.6 Å². The lowest BCUT2D eigenvalue weighted by molar-refractivity contribution is -0.137. The Bertz CT molecular complexity index is 1270. The van der Waals surface area contributed by atoms with Crippen LogP contribution in [-0.4, -0.2) is 21.8 Å². The van der Waals surface area contributed by atoms with Crippen molar-refractivity contribution in [2.24, 2.45) is 5.73 Å². The highest BCUT2D eigenvalue weighted by Crippen LogP contribution is 2.33. The number of aryl methyl sites for hydroxylation is 1. The van der Waals surface area contributed by atoms with E-state index >= 15 is 0 Å². The quantitative estimate of drug-likeness (QED) is 0.425. The molecule has 174 valence electrons. The number of ketones is 1. The number of halogens is 3. The maximum absolute atomic E-state index is 12.9. The molecule has 1 fully saturated rings. The summed E-state index contributed by atoms with van der Waals surface area (Å²) in [6, 6.07) is 9.17. The fourth-order valence-corrected chi connectivity index (χ4v) is 4.16. The van der Waals surface area contributed by atoms with E-state index < -0.39 is 11.7 Å². The zero-order valence-corrected chi connectivity index (χ0v) is 18.7. The number of aromatic nitrogens is 2. The lowest BCUT2D eigenvalue weighted by Crippen LogP contribution is -2.14. The molecule has 2 heterocycles. The van der Waals surface area contributed by atoms with Gasteiger partial charge in [0.15, 0.2) is 5.78 Å². The average Bonchev–Trinajstić information content (AvgIpc) is 3.24. The van der Waals surface area contributed by atoms with Crippen LogP contribution in [0.5, 0.6) is 0 Å². The first-order valence-corrected chi connectivity index (χ1v) is 11.1. The van der Waals surface area contributed by atoms with Crippen molar-refractivity contribution in [2.45, 2.75) is 50.7 Å². The summed E-state index contributed by atoms with van der Waals surface area (Å²) in [7, 11) is 0. The van der Waals surface area contributed by atoms with Crippen LogP contribution >= 0.6 is 0 Å². The number of rotatable bonds is 4. The molecule has 1 aliphatic carbocycles. The first-order valence-electron chi connectivity index (χ1n) is 11.1. The molecule has 2 aromatic heterocycles. The van der Waals surface area contributed by atoms with Gasteiger partial charge in [-0.05, 0) is 67.5 Å². The Hall–Kier alpha value is -3.50. The molecule has 1 saturated carbocycles. The van der Waals surface area contributed by atoms with E-state index in [-0.39, 0.29) is 23.9 Å². The average molecular weight is 464 g/mol. The van der Waals surface area contributed by atoms with Gasteiger partial charge in [-0.2, -0.15) is 13.2 Å². The van der Waals surface area contributed by atoms with Crippen LogP contribution in [0.3, 0.4) is 0 Å². The van der Waals surface area contributed by atoms with Gasteiger partial charge in [-0.15, -0.1) is 0 Å². The normalized spacial score (nSPS) is 17.8. The number of pyridine rings is 2. The van der Waals surface area contributed by atoms with Crippen LogP contribution in [0.15, 0.2) is 55.0 Å². The van der Waals surface area contributed by atoms with Gasteiger partial charge in [-0.1, -0.05) is 24.0 Å². The summed E-state index contributed by atoms with van der Waals surface area (Å²) in [5, 5.41) is 0. The van der Waals surface area contributed by atoms with Crippen LogP contribution in [0.2, 0.25) is 0 Å². The fraction of sp³-hybridized carbons (Fsp3) is 0.296. The third-order valence-electron chi connectivity index (χ3n) is 6.09. The largest absolute Gasteiger partial charge is 0.416 e. The Morgan fingerprint density at radius 2 is 1.94 bits per heavy atom. The van der Waals surface area contributed by atoms with Crippen molar-refractivity contribution in [2.75, 3.05) is 0 Å². The molecular weight excluding hydrogens is 439 g/mol. The Labute approximate surface area is 196 Å². The predicted octanol–water partition coefficient (Wildman–Crippen LogP) is 5.22. The van der Waals surface area contributed by atoms with Crippen LogP contribution < -0.4 is 5.73 Å². The summed E-state index contributed by atoms with van der Waals surface area (Å²) in [4.78, 5) is 21.0. The van der Waals surface area contributed by atoms with Gasteiger partial charge in [-0.3, -0.25) is 14.8 Å². The van der Waals surface area contributed by atoms with Gasteiger partial charge in [-0.25, -0.2) is 0 Å². The minimum Gasteiger partial charge on any atom is -0.328 e. The van der Waals surface area contributed by atoms with Crippen molar-refractivity contribution >= 4 is 5.78 Å². The third-order valence-corrected chi connectivity index (χ3v) is 6.09. The van der Waals surface area contributed by atoms with E-state index in [1.165, 1.54) is 0 Å². The smallest absolute Gasteiger partial charge is 0.328 e. The molecular formula is C27H24F3N3O. The van der Waals surface area contributed by atoms with E-state index in [2.05, 4.69) is 21.8 Å². The van der Waals surface area contributed by atoms with E-state index in [4.69, 9.17) is 5.73 Å². The van der Waals surface area contributed by atoms with Gasteiger partial charge < -0.3 is 5.73 Å². The van der Waals surface area contributed by atoms with Crippen LogP contribution in [0.25, 0.3) is 0 Å². The number of hydrogen-bond acceptors (Lipinski definition) is 4. The molecule has 1 aromatic carbocycles. The van der Waals surface area contributed by atoms with Gasteiger partial charge in [0.05, 0.1) is 12.0 Å². The molecule has 1 aliphatic rings. The number of alkyl halides is 3. The molecule has 0 saturated heterocycles. The first-order chi connectivity index (χ1) is 16.2. The van der Waals surface area contributed by atoms with Gasteiger partial charge >= 0.3 is 6.18 Å². The van der Waals surface area contributed by atoms with Crippen LogP contribution in [0.1, 0.15) is 69.0 Å². The number of benzene rings is 1. The number of carbonyl (C=O) groups is 1. The fourth-order valence-electron chi connectivity index (χ4n) is 4.16. The Morgan fingerprint density at radius 1 is 1.12 bits per heavy atom. The summed E-state index contributed by atoms with van der Waals surface area (Å²) in [6.07, 6.45) is 2.93. The van der Waals surface area contributed by atoms with E-state index in [9.17, 15) is 18.0 Å². The molecule has 0 aliphatic heterocycles. The minimum absolute atomic E-state index is 0.0718. The molecule has 2 N–H and O–H groups in total. The molecule has 4 nitrogen and oxygen atoms in total. The molecule has 7 heteroatoms. The van der Waals surface area contributed by atoms with E-state index in [0.29, 0.717) is 17.0 Å². The Balaban J connectivity index is 1.53. The summed E-state index contributed by atoms with van der Waals surface area (Å²) < 4.78 is 38.8. The van der Waals surface area contributed by atoms with Crippen molar-refractivity contribution in [1.29, 1.82) is 0 Å². The Morgan fingerprint density at radius 3 is 2.68 bits per heavy atom. The molecule has 3 aromatic rings. The molecule has 0 amide bonds. The SMILES string of the molecule is Cc1ccc(C(=O)Cc2cc(C(F)(F)F)ccn2)cc1C#Cc1cncc(C2CC[C@H](N)C2)c1. The highest BCUT2D eigenvalue weighted by atomic mass is 19.4. The number of nitrogens with two attached hydrogens (primary N) is 1. The molecule has 2 atom stereocenters. The molecule has 4 rings (SSSR count). The molecule has 1 unspecified atom stereocenters. The highest BCUT2D eigenvalue weighted by Gasteiger charge is 2.30. The van der Waals surface area contributed by atoms with Crippen LogP contribution in [0.4, 0.5) is 13.2 Å². The lowest BCUT2D eigenvalue weighted by Gasteiger charge is -2.09. The minimum atomic E-state index is -4.48. The summed E-state index contributed by atoms with van der Waals surface area (Å²) >= 11 is 0. The maximum Gasteiger partial charge on any atom is 0.416 e. The number of nitrogens with zero attached hydrogens (tertiary/aromatic N) is 2. The third kappa shape index (κ3) is 5.70. The number of Topliss-reactive ketones (excluding diaryl/α,β-unsaturated/α-hetero) is 1. The van der Waals surface area contributed by atoms with E-state index in [1.807, 2.05) is 19.2 Å². The van der Waals surface area contributed by atoms with Crippen molar-refractivity contribution in [1.82, 2.24) is 9.97 Å². The Kier molecular flexibility index (Phi) is 6.80. The monoisotopic (exact) mass is 463 g/mol. The second-order valence-electron chi connectivity index (χ2n) is 8.69. The summed E-state index contributed by atoms with van der Waals surface area (Å²) in [5.41, 5.74) is 9.15. The zero-order chi connectivity index (χ0) is 24.3.